The van der Waals surface area contributed by atoms with Crippen LogP contribution in [0.1, 0.15) is 20.3 Å². The summed E-state index contributed by atoms with van der Waals surface area (Å²) in [4.78, 5) is 22.2. The Morgan fingerprint density at radius 1 is 1.43 bits per heavy atom. The Bertz CT molecular complexity index is 213. The molecule has 0 saturated heterocycles. The van der Waals surface area contributed by atoms with E-state index in [4.69, 9.17) is 21.1 Å². The lowest BCUT2D eigenvalue weighted by molar-refractivity contribution is -0.177. The van der Waals surface area contributed by atoms with E-state index in [1.807, 2.05) is 0 Å². The lowest BCUT2D eigenvalue weighted by atomic mass is 10.1. The standard InChI is InChI=1S/C9H14ClO4/c1-4-7(11)14-9(2,3)8(12)13-6-5-10/h1,4-6H2,2-3H3. The summed E-state index contributed by atoms with van der Waals surface area (Å²) >= 11 is 5.33. The molecule has 0 N–H and O–H groups in total. The summed E-state index contributed by atoms with van der Waals surface area (Å²) in [6.45, 7) is 6.36. The predicted octanol–water partition coefficient (Wildman–Crippen LogP) is 1.31. The average Bonchev–Trinajstić information content (AvgIpc) is 2.13. The zero-order chi connectivity index (χ0) is 11.2. The molecule has 0 fully saturated rings. The SMILES string of the molecule is [CH2]CC(=O)OC(C)(C)C(=O)OCCCl. The van der Waals surface area contributed by atoms with E-state index in [2.05, 4.69) is 6.92 Å². The third-order valence-electron chi connectivity index (χ3n) is 1.38. The highest BCUT2D eigenvalue weighted by Crippen LogP contribution is 2.12. The average molecular weight is 222 g/mol. The molecule has 0 aromatic rings. The summed E-state index contributed by atoms with van der Waals surface area (Å²) in [5.74, 6) is -0.941. The molecule has 1 radical (unpaired) electrons. The molecule has 81 valence electrons. The summed E-state index contributed by atoms with van der Waals surface area (Å²) in [7, 11) is 0. The summed E-state index contributed by atoms with van der Waals surface area (Å²) in [6.07, 6.45) is -0.0216. The molecule has 0 aliphatic rings. The molecule has 4 nitrogen and oxygen atoms in total. The Balaban J connectivity index is 4.15. The molecule has 5 heteroatoms. The van der Waals surface area contributed by atoms with E-state index in [1.54, 1.807) is 0 Å². The van der Waals surface area contributed by atoms with Crippen molar-refractivity contribution in [2.45, 2.75) is 25.9 Å². The molecule has 0 aliphatic heterocycles. The molecule has 0 heterocycles. The molecule has 0 bridgehead atoms. The highest BCUT2D eigenvalue weighted by molar-refractivity contribution is 6.18. The first-order valence-corrected chi connectivity index (χ1v) is 4.71. The Labute approximate surface area is 88.5 Å². The Hall–Kier alpha value is -0.770. The van der Waals surface area contributed by atoms with Crippen molar-refractivity contribution in [1.29, 1.82) is 0 Å². The van der Waals surface area contributed by atoms with Crippen LogP contribution in [0.4, 0.5) is 0 Å². The van der Waals surface area contributed by atoms with Crippen LogP contribution in [-0.2, 0) is 19.1 Å². The van der Waals surface area contributed by atoms with Crippen molar-refractivity contribution in [3.8, 4) is 0 Å². The quantitative estimate of drug-likeness (QED) is 0.519. The fourth-order valence-corrected chi connectivity index (χ4v) is 0.760. The zero-order valence-corrected chi connectivity index (χ0v) is 9.10. The van der Waals surface area contributed by atoms with E-state index >= 15 is 0 Å². The van der Waals surface area contributed by atoms with Gasteiger partial charge in [0.15, 0.2) is 0 Å². The second kappa shape index (κ2) is 5.86. The van der Waals surface area contributed by atoms with E-state index in [9.17, 15) is 9.59 Å². The number of carbonyl (C=O) groups is 2. The number of carbonyl (C=O) groups excluding carboxylic acids is 2. The highest BCUT2D eigenvalue weighted by Gasteiger charge is 2.33. The van der Waals surface area contributed by atoms with Gasteiger partial charge in [-0.15, -0.1) is 11.6 Å². The predicted molar refractivity (Wildman–Crippen MR) is 51.8 cm³/mol. The second-order valence-corrected chi connectivity index (χ2v) is 3.44. The minimum Gasteiger partial charge on any atom is -0.461 e. The van der Waals surface area contributed by atoms with Crippen LogP contribution < -0.4 is 0 Å². The number of ether oxygens (including phenoxy) is 2. The van der Waals surface area contributed by atoms with Crippen molar-refractivity contribution in [3.05, 3.63) is 6.92 Å². The molecule has 0 atom stereocenters. The lowest BCUT2D eigenvalue weighted by Gasteiger charge is -2.22. The maximum Gasteiger partial charge on any atom is 0.350 e. The summed E-state index contributed by atoms with van der Waals surface area (Å²) in [5, 5.41) is 0. The van der Waals surface area contributed by atoms with Crippen molar-refractivity contribution in [1.82, 2.24) is 0 Å². The highest BCUT2D eigenvalue weighted by atomic mass is 35.5. The molecule has 0 aromatic carbocycles. The minimum absolute atomic E-state index is 0.0216. The Kier molecular flexibility index (Phi) is 5.53. The molecule has 14 heavy (non-hydrogen) atoms. The topological polar surface area (TPSA) is 52.6 Å². The van der Waals surface area contributed by atoms with Gasteiger partial charge >= 0.3 is 11.9 Å². The second-order valence-electron chi connectivity index (χ2n) is 3.06. The van der Waals surface area contributed by atoms with Gasteiger partial charge in [0.1, 0.15) is 6.61 Å². The number of halogens is 1. The fraction of sp³-hybridized carbons (Fsp3) is 0.667. The fourth-order valence-electron chi connectivity index (χ4n) is 0.682. The van der Waals surface area contributed by atoms with Crippen LogP contribution in [0.3, 0.4) is 0 Å². The summed E-state index contributed by atoms with van der Waals surface area (Å²) in [5.41, 5.74) is -1.28. The molecule has 0 saturated carbocycles. The maximum atomic E-state index is 11.3. The number of esters is 2. The molecule has 0 spiro atoms. The summed E-state index contributed by atoms with van der Waals surface area (Å²) < 4.78 is 9.56. The third kappa shape index (κ3) is 4.46. The van der Waals surface area contributed by atoms with Gasteiger partial charge in [-0.05, 0) is 20.8 Å². The number of alkyl halides is 1. The van der Waals surface area contributed by atoms with Crippen LogP contribution in [0.5, 0.6) is 0 Å². The van der Waals surface area contributed by atoms with E-state index in [0.717, 1.165) is 0 Å². The number of rotatable bonds is 5. The van der Waals surface area contributed by atoms with Gasteiger partial charge in [-0.25, -0.2) is 4.79 Å². The Morgan fingerprint density at radius 3 is 2.43 bits per heavy atom. The molecule has 0 aromatic heterocycles. The van der Waals surface area contributed by atoms with Crippen LogP contribution in [0.15, 0.2) is 0 Å². The largest absolute Gasteiger partial charge is 0.461 e. The maximum absolute atomic E-state index is 11.3. The van der Waals surface area contributed by atoms with E-state index in [-0.39, 0.29) is 18.9 Å². The molecule has 0 rings (SSSR count). The van der Waals surface area contributed by atoms with Gasteiger partial charge in [0.05, 0.1) is 5.88 Å². The van der Waals surface area contributed by atoms with Gasteiger partial charge in [0.25, 0.3) is 0 Å². The molecular weight excluding hydrogens is 208 g/mol. The smallest absolute Gasteiger partial charge is 0.350 e. The van der Waals surface area contributed by atoms with Crippen LogP contribution in [-0.4, -0.2) is 30.0 Å². The molecule has 0 aliphatic carbocycles. The Morgan fingerprint density at radius 2 is 2.00 bits per heavy atom. The molecular formula is C9H14ClO4. The van der Waals surface area contributed by atoms with E-state index in [1.165, 1.54) is 13.8 Å². The van der Waals surface area contributed by atoms with Gasteiger partial charge in [-0.2, -0.15) is 0 Å². The van der Waals surface area contributed by atoms with Crippen LogP contribution in [0.25, 0.3) is 0 Å². The minimum atomic E-state index is -1.28. The van der Waals surface area contributed by atoms with Crippen molar-refractivity contribution in [2.24, 2.45) is 0 Å². The van der Waals surface area contributed by atoms with E-state index in [0.29, 0.717) is 0 Å². The zero-order valence-electron chi connectivity index (χ0n) is 8.34. The van der Waals surface area contributed by atoms with Gasteiger partial charge in [0.2, 0.25) is 5.60 Å². The van der Waals surface area contributed by atoms with E-state index < -0.39 is 17.5 Å². The number of hydrogen-bond donors (Lipinski definition) is 0. The summed E-state index contributed by atoms with van der Waals surface area (Å²) in [6, 6.07) is 0. The van der Waals surface area contributed by atoms with Crippen molar-refractivity contribution in [2.75, 3.05) is 12.5 Å². The van der Waals surface area contributed by atoms with Crippen LogP contribution >= 0.6 is 11.6 Å². The van der Waals surface area contributed by atoms with Gasteiger partial charge in [-0.1, -0.05) is 0 Å². The van der Waals surface area contributed by atoms with Gasteiger partial charge in [0, 0.05) is 6.42 Å². The molecule has 0 unspecified atom stereocenters. The third-order valence-corrected chi connectivity index (χ3v) is 1.53. The van der Waals surface area contributed by atoms with Crippen molar-refractivity contribution >= 4 is 23.5 Å². The first-order valence-electron chi connectivity index (χ1n) is 4.18. The van der Waals surface area contributed by atoms with Crippen LogP contribution in [0.2, 0.25) is 0 Å². The van der Waals surface area contributed by atoms with Gasteiger partial charge < -0.3 is 9.47 Å². The first kappa shape index (κ1) is 13.2. The van der Waals surface area contributed by atoms with Crippen molar-refractivity contribution in [3.63, 3.8) is 0 Å². The molecule has 0 amide bonds. The monoisotopic (exact) mass is 221 g/mol. The number of hydrogen-bond acceptors (Lipinski definition) is 4. The van der Waals surface area contributed by atoms with Crippen molar-refractivity contribution < 1.29 is 19.1 Å². The first-order chi connectivity index (χ1) is 6.44. The lowest BCUT2D eigenvalue weighted by Crippen LogP contribution is -2.38. The van der Waals surface area contributed by atoms with Crippen LogP contribution in [0, 0.1) is 6.92 Å². The normalized spacial score (nSPS) is 10.9. The van der Waals surface area contributed by atoms with Gasteiger partial charge in [-0.3, -0.25) is 4.79 Å².